The van der Waals surface area contributed by atoms with Gasteiger partial charge in [-0.1, -0.05) is 19.1 Å². The average Bonchev–Trinajstić information content (AvgIpc) is 2.83. The molecule has 2 atom stereocenters. The molecule has 2 heterocycles. The summed E-state index contributed by atoms with van der Waals surface area (Å²) in [4.78, 5) is 15.1. The molecule has 1 amide bonds. The number of benzene rings is 1. The van der Waals surface area contributed by atoms with Crippen LogP contribution in [0.25, 0.3) is 0 Å². The number of nitrogens with zero attached hydrogens (tertiary/aromatic N) is 1. The van der Waals surface area contributed by atoms with Crippen molar-refractivity contribution in [2.24, 2.45) is 0 Å². The molecule has 0 aliphatic carbocycles. The summed E-state index contributed by atoms with van der Waals surface area (Å²) in [6, 6.07) is 9.59. The molecule has 4 heteroatoms. The fourth-order valence-electron chi connectivity index (χ4n) is 3.76. The predicted molar refractivity (Wildman–Crippen MR) is 93.5 cm³/mol. The van der Waals surface area contributed by atoms with Gasteiger partial charge in [-0.2, -0.15) is 0 Å². The summed E-state index contributed by atoms with van der Waals surface area (Å²) in [6.45, 7) is 3.03. The van der Waals surface area contributed by atoms with Gasteiger partial charge < -0.3 is 10.2 Å². The molecule has 0 spiro atoms. The van der Waals surface area contributed by atoms with Crippen LogP contribution in [0.2, 0.25) is 0 Å². The highest BCUT2D eigenvalue weighted by Crippen LogP contribution is 2.31. The van der Waals surface area contributed by atoms with Gasteiger partial charge in [-0.05, 0) is 66.8 Å². The van der Waals surface area contributed by atoms with Crippen LogP contribution in [0.1, 0.15) is 49.4 Å². The Hall–Kier alpha value is -0.620. The maximum absolute atomic E-state index is 13.0. The lowest BCUT2D eigenvalue weighted by molar-refractivity contribution is 0.0615. The molecule has 1 N–H and O–H groups in total. The van der Waals surface area contributed by atoms with Crippen molar-refractivity contribution in [1.29, 1.82) is 0 Å². The molecule has 2 fully saturated rings. The van der Waals surface area contributed by atoms with Crippen molar-refractivity contribution < 1.29 is 4.79 Å². The van der Waals surface area contributed by atoms with E-state index in [9.17, 15) is 4.79 Å². The van der Waals surface area contributed by atoms with Gasteiger partial charge in [0.15, 0.2) is 0 Å². The Kier molecular flexibility index (Phi) is 4.84. The third-order valence-electron chi connectivity index (χ3n) is 4.72. The first-order chi connectivity index (χ1) is 10.2. The number of carbonyl (C=O) groups excluding carboxylic acids is 1. The Morgan fingerprint density at radius 1 is 1.29 bits per heavy atom. The highest BCUT2D eigenvalue weighted by Gasteiger charge is 2.37. The van der Waals surface area contributed by atoms with Crippen LogP contribution in [-0.2, 0) is 0 Å². The third-order valence-corrected chi connectivity index (χ3v) is 5.66. The second-order valence-corrected chi connectivity index (χ2v) is 7.40. The summed E-state index contributed by atoms with van der Waals surface area (Å²) in [6.07, 6.45) is 5.81. The molecule has 0 radical (unpaired) electrons. The van der Waals surface area contributed by atoms with E-state index in [1.807, 2.05) is 24.3 Å². The zero-order valence-corrected chi connectivity index (χ0v) is 14.7. The Labute approximate surface area is 140 Å². The number of nitrogens with one attached hydrogen (secondary N) is 1. The van der Waals surface area contributed by atoms with Gasteiger partial charge in [-0.15, -0.1) is 0 Å². The van der Waals surface area contributed by atoms with Crippen LogP contribution in [0, 0.1) is 3.57 Å². The first kappa shape index (κ1) is 15.3. The maximum atomic E-state index is 13.0. The minimum atomic E-state index is 0.216. The minimum Gasteiger partial charge on any atom is -0.336 e. The van der Waals surface area contributed by atoms with E-state index in [4.69, 9.17) is 0 Å². The van der Waals surface area contributed by atoms with Crippen LogP contribution in [0.15, 0.2) is 24.3 Å². The van der Waals surface area contributed by atoms with Crippen molar-refractivity contribution in [2.45, 2.75) is 57.2 Å². The number of piperidine rings is 1. The van der Waals surface area contributed by atoms with Crippen LogP contribution >= 0.6 is 22.6 Å². The standard InChI is InChI=1S/C17H23IN2O/c1-2-9-20(14-10-12-7-8-13(11-14)19-12)17(21)15-5-3-4-6-16(15)18/h3-6,12-14,19H,2,7-11H2,1H3. The number of halogens is 1. The lowest BCUT2D eigenvalue weighted by Gasteiger charge is -2.38. The van der Waals surface area contributed by atoms with Crippen molar-refractivity contribution in [1.82, 2.24) is 10.2 Å². The van der Waals surface area contributed by atoms with Gasteiger partial charge in [0, 0.05) is 28.2 Å². The van der Waals surface area contributed by atoms with E-state index in [1.54, 1.807) is 0 Å². The predicted octanol–water partition coefficient (Wildman–Crippen LogP) is 3.43. The molecule has 0 aromatic heterocycles. The van der Waals surface area contributed by atoms with Crippen molar-refractivity contribution in [3.05, 3.63) is 33.4 Å². The van der Waals surface area contributed by atoms with Gasteiger partial charge in [0.1, 0.15) is 0 Å². The Morgan fingerprint density at radius 2 is 1.95 bits per heavy atom. The smallest absolute Gasteiger partial charge is 0.255 e. The minimum absolute atomic E-state index is 0.216. The number of amides is 1. The number of carbonyl (C=O) groups is 1. The van der Waals surface area contributed by atoms with Gasteiger partial charge in [0.2, 0.25) is 0 Å². The molecule has 2 aliphatic heterocycles. The molecule has 2 unspecified atom stereocenters. The van der Waals surface area contributed by atoms with E-state index in [2.05, 4.69) is 39.7 Å². The van der Waals surface area contributed by atoms with E-state index in [0.29, 0.717) is 18.1 Å². The number of fused-ring (bicyclic) bond motifs is 2. The van der Waals surface area contributed by atoms with Crippen LogP contribution in [0.4, 0.5) is 0 Å². The highest BCUT2D eigenvalue weighted by atomic mass is 127. The molecule has 21 heavy (non-hydrogen) atoms. The SMILES string of the molecule is CCCN(C(=O)c1ccccc1I)C1CC2CCC(C1)N2. The molecule has 0 saturated carbocycles. The van der Waals surface area contributed by atoms with E-state index in [1.165, 1.54) is 12.8 Å². The Bertz CT molecular complexity index is 507. The fraction of sp³-hybridized carbons (Fsp3) is 0.588. The normalized spacial score (nSPS) is 27.6. The van der Waals surface area contributed by atoms with E-state index in [-0.39, 0.29) is 5.91 Å². The van der Waals surface area contributed by atoms with Crippen molar-refractivity contribution in [2.75, 3.05) is 6.54 Å². The summed E-state index contributed by atoms with van der Waals surface area (Å²) in [5.74, 6) is 0.216. The van der Waals surface area contributed by atoms with Crippen molar-refractivity contribution in [3.63, 3.8) is 0 Å². The van der Waals surface area contributed by atoms with Crippen LogP contribution in [-0.4, -0.2) is 35.5 Å². The molecule has 1 aromatic carbocycles. The molecule has 2 bridgehead atoms. The van der Waals surface area contributed by atoms with E-state index < -0.39 is 0 Å². The molecule has 3 rings (SSSR count). The lowest BCUT2D eigenvalue weighted by atomic mass is 9.97. The number of hydrogen-bond acceptors (Lipinski definition) is 2. The fourth-order valence-corrected chi connectivity index (χ4v) is 4.38. The Balaban J connectivity index is 1.81. The summed E-state index contributed by atoms with van der Waals surface area (Å²) in [7, 11) is 0. The zero-order valence-electron chi connectivity index (χ0n) is 12.5. The number of rotatable bonds is 4. The molecule has 2 aliphatic rings. The summed E-state index contributed by atoms with van der Waals surface area (Å²) in [5, 5.41) is 3.67. The maximum Gasteiger partial charge on any atom is 0.255 e. The van der Waals surface area contributed by atoms with Crippen LogP contribution in [0.5, 0.6) is 0 Å². The van der Waals surface area contributed by atoms with Gasteiger partial charge in [-0.25, -0.2) is 0 Å². The molecular weight excluding hydrogens is 375 g/mol. The third kappa shape index (κ3) is 3.26. The van der Waals surface area contributed by atoms with Gasteiger partial charge in [-0.3, -0.25) is 4.79 Å². The van der Waals surface area contributed by atoms with Crippen LogP contribution in [0.3, 0.4) is 0 Å². The topological polar surface area (TPSA) is 32.3 Å². The average molecular weight is 398 g/mol. The molecular formula is C17H23IN2O. The zero-order chi connectivity index (χ0) is 14.8. The lowest BCUT2D eigenvalue weighted by Crippen LogP contribution is -2.50. The Morgan fingerprint density at radius 3 is 2.57 bits per heavy atom. The van der Waals surface area contributed by atoms with Crippen molar-refractivity contribution in [3.8, 4) is 0 Å². The second-order valence-electron chi connectivity index (χ2n) is 6.24. The number of hydrogen-bond donors (Lipinski definition) is 1. The second kappa shape index (κ2) is 6.65. The van der Waals surface area contributed by atoms with Crippen LogP contribution < -0.4 is 5.32 Å². The summed E-state index contributed by atoms with van der Waals surface area (Å²) < 4.78 is 1.05. The molecule has 114 valence electrons. The monoisotopic (exact) mass is 398 g/mol. The first-order valence-electron chi connectivity index (χ1n) is 8.00. The van der Waals surface area contributed by atoms with Gasteiger partial charge >= 0.3 is 0 Å². The first-order valence-corrected chi connectivity index (χ1v) is 9.08. The molecule has 3 nitrogen and oxygen atoms in total. The van der Waals surface area contributed by atoms with Crippen molar-refractivity contribution >= 4 is 28.5 Å². The van der Waals surface area contributed by atoms with E-state index in [0.717, 1.165) is 34.9 Å². The van der Waals surface area contributed by atoms with E-state index >= 15 is 0 Å². The summed E-state index contributed by atoms with van der Waals surface area (Å²) >= 11 is 2.27. The molecule has 1 aromatic rings. The van der Waals surface area contributed by atoms with Gasteiger partial charge in [0.05, 0.1) is 5.56 Å². The highest BCUT2D eigenvalue weighted by molar-refractivity contribution is 14.1. The summed E-state index contributed by atoms with van der Waals surface area (Å²) in [5.41, 5.74) is 0.859. The largest absolute Gasteiger partial charge is 0.336 e. The van der Waals surface area contributed by atoms with Gasteiger partial charge in [0.25, 0.3) is 5.91 Å². The molecule has 2 saturated heterocycles. The quantitative estimate of drug-likeness (QED) is 0.789.